The van der Waals surface area contributed by atoms with Gasteiger partial charge < -0.3 is 9.84 Å². The summed E-state index contributed by atoms with van der Waals surface area (Å²) in [6.07, 6.45) is 5.46. The molecule has 0 bridgehead atoms. The lowest BCUT2D eigenvalue weighted by Crippen LogP contribution is -2.29. The van der Waals surface area contributed by atoms with Crippen LogP contribution in [0.5, 0.6) is 0 Å². The fraction of sp³-hybridized carbons (Fsp3) is 0.526. The van der Waals surface area contributed by atoms with E-state index in [9.17, 15) is 4.79 Å². The molecule has 0 aliphatic carbocycles. The second kappa shape index (κ2) is 10.2. The molecule has 0 aliphatic heterocycles. The lowest BCUT2D eigenvalue weighted by Gasteiger charge is -2.14. The Morgan fingerprint density at radius 2 is 2.04 bits per heavy atom. The molecule has 0 saturated heterocycles. The second-order valence-electron chi connectivity index (χ2n) is 6.24. The molecule has 1 aromatic heterocycles. The van der Waals surface area contributed by atoms with Gasteiger partial charge in [-0.15, -0.1) is 0 Å². The molecule has 0 aliphatic rings. The highest BCUT2D eigenvalue weighted by molar-refractivity contribution is 6.30. The monoisotopic (exact) mass is 363 g/mol. The fourth-order valence-corrected chi connectivity index (χ4v) is 2.71. The van der Waals surface area contributed by atoms with Gasteiger partial charge in [0.05, 0.1) is 0 Å². The average Bonchev–Trinajstić information content (AvgIpc) is 3.10. The minimum atomic E-state index is 0.0289. The number of carbonyl (C=O) groups excluding carboxylic acids is 1. The van der Waals surface area contributed by atoms with E-state index in [2.05, 4.69) is 29.3 Å². The number of benzene rings is 1. The summed E-state index contributed by atoms with van der Waals surface area (Å²) in [5.74, 6) is 1.57. The Labute approximate surface area is 154 Å². The fourth-order valence-electron chi connectivity index (χ4n) is 2.58. The second-order valence-corrected chi connectivity index (χ2v) is 6.68. The molecule has 6 heteroatoms. The molecule has 2 rings (SSSR count). The van der Waals surface area contributed by atoms with Crippen LogP contribution in [-0.2, 0) is 11.2 Å². The zero-order valence-electron chi connectivity index (χ0n) is 14.9. The molecule has 1 unspecified atom stereocenters. The van der Waals surface area contributed by atoms with E-state index in [-0.39, 0.29) is 5.91 Å². The third-order valence-corrected chi connectivity index (χ3v) is 4.52. The molecule has 1 aromatic carbocycles. The van der Waals surface area contributed by atoms with Gasteiger partial charge in [-0.25, -0.2) is 0 Å². The van der Waals surface area contributed by atoms with E-state index in [0.29, 0.717) is 35.5 Å². The molecule has 1 heterocycles. The summed E-state index contributed by atoms with van der Waals surface area (Å²) in [5, 5.41) is 7.63. The van der Waals surface area contributed by atoms with Gasteiger partial charge in [-0.1, -0.05) is 49.9 Å². The highest BCUT2D eigenvalue weighted by Gasteiger charge is 2.12. The minimum Gasteiger partial charge on any atom is -0.356 e. The van der Waals surface area contributed by atoms with E-state index >= 15 is 0 Å². The maximum atomic E-state index is 12.0. The topological polar surface area (TPSA) is 68.0 Å². The van der Waals surface area contributed by atoms with Crippen molar-refractivity contribution in [2.24, 2.45) is 5.92 Å². The van der Waals surface area contributed by atoms with Gasteiger partial charge in [0.1, 0.15) is 0 Å². The van der Waals surface area contributed by atoms with Crippen molar-refractivity contribution in [3.8, 4) is 11.4 Å². The first kappa shape index (κ1) is 19.4. The Hall–Kier alpha value is -1.88. The maximum absolute atomic E-state index is 12.0. The number of carbonyl (C=O) groups is 1. The summed E-state index contributed by atoms with van der Waals surface area (Å²) in [5.41, 5.74) is 0.838. The Morgan fingerprint density at radius 1 is 1.28 bits per heavy atom. The number of halogens is 1. The van der Waals surface area contributed by atoms with Crippen LogP contribution in [0.1, 0.15) is 51.8 Å². The van der Waals surface area contributed by atoms with Crippen molar-refractivity contribution in [3.05, 3.63) is 35.2 Å². The van der Waals surface area contributed by atoms with Gasteiger partial charge in [0.2, 0.25) is 17.6 Å². The Morgan fingerprint density at radius 3 is 2.72 bits per heavy atom. The van der Waals surface area contributed by atoms with Gasteiger partial charge in [-0.2, -0.15) is 4.98 Å². The molecule has 0 spiro atoms. The average molecular weight is 364 g/mol. The van der Waals surface area contributed by atoms with E-state index in [0.717, 1.165) is 18.5 Å². The van der Waals surface area contributed by atoms with E-state index in [1.807, 2.05) is 12.1 Å². The highest BCUT2D eigenvalue weighted by atomic mass is 35.5. The van der Waals surface area contributed by atoms with Crippen LogP contribution in [0.4, 0.5) is 0 Å². The van der Waals surface area contributed by atoms with Crippen molar-refractivity contribution in [2.45, 2.75) is 52.4 Å². The normalized spacial score (nSPS) is 12.1. The smallest absolute Gasteiger partial charge is 0.227 e. The zero-order chi connectivity index (χ0) is 18.1. The number of unbranched alkanes of at least 4 members (excludes halogenated alkanes) is 1. The lowest BCUT2D eigenvalue weighted by molar-refractivity contribution is -0.121. The number of aryl methyl sites for hydroxylation is 1. The van der Waals surface area contributed by atoms with Crippen molar-refractivity contribution in [2.75, 3.05) is 6.54 Å². The molecule has 0 saturated carbocycles. The highest BCUT2D eigenvalue weighted by Crippen LogP contribution is 2.19. The largest absolute Gasteiger partial charge is 0.356 e. The molecule has 1 atom stereocenters. The molecule has 2 aromatic rings. The van der Waals surface area contributed by atoms with E-state index in [1.54, 1.807) is 12.1 Å². The summed E-state index contributed by atoms with van der Waals surface area (Å²) >= 11 is 5.87. The quantitative estimate of drug-likeness (QED) is 0.666. The summed E-state index contributed by atoms with van der Waals surface area (Å²) in [6.45, 7) is 5.10. The third-order valence-electron chi connectivity index (χ3n) is 4.27. The Bertz CT molecular complexity index is 655. The van der Waals surface area contributed by atoms with Gasteiger partial charge in [-0.05, 0) is 36.6 Å². The van der Waals surface area contributed by atoms with Crippen LogP contribution >= 0.6 is 11.6 Å². The van der Waals surface area contributed by atoms with Crippen LogP contribution in [0, 0.1) is 5.92 Å². The number of hydrogen-bond donors (Lipinski definition) is 1. The van der Waals surface area contributed by atoms with Crippen LogP contribution in [0.3, 0.4) is 0 Å². The SMILES string of the molecule is CCCCC(CC)CNC(=O)CCc1nc(-c2ccc(Cl)cc2)no1. The molecular formula is C19H26ClN3O2. The van der Waals surface area contributed by atoms with Crippen LogP contribution in [0.15, 0.2) is 28.8 Å². The van der Waals surface area contributed by atoms with Crippen molar-refractivity contribution < 1.29 is 9.32 Å². The van der Waals surface area contributed by atoms with Gasteiger partial charge in [0.25, 0.3) is 0 Å². The summed E-state index contributed by atoms with van der Waals surface area (Å²) in [6, 6.07) is 7.24. The number of aromatic nitrogens is 2. The molecule has 0 radical (unpaired) electrons. The predicted molar refractivity (Wildman–Crippen MR) is 99.4 cm³/mol. The van der Waals surface area contributed by atoms with Crippen LogP contribution < -0.4 is 5.32 Å². The standard InChI is InChI=1S/C19H26ClN3O2/c1-3-5-6-14(4-2)13-21-17(24)11-12-18-22-19(23-25-18)15-7-9-16(20)10-8-15/h7-10,14H,3-6,11-13H2,1-2H3,(H,21,24). The van der Waals surface area contributed by atoms with Crippen LogP contribution in [-0.4, -0.2) is 22.6 Å². The summed E-state index contributed by atoms with van der Waals surface area (Å²) < 4.78 is 5.23. The van der Waals surface area contributed by atoms with E-state index in [1.165, 1.54) is 19.3 Å². The number of hydrogen-bond acceptors (Lipinski definition) is 4. The number of amides is 1. The van der Waals surface area contributed by atoms with Gasteiger partial charge in [0.15, 0.2) is 0 Å². The Kier molecular flexibility index (Phi) is 7.92. The van der Waals surface area contributed by atoms with Gasteiger partial charge in [0, 0.05) is 30.0 Å². The van der Waals surface area contributed by atoms with Gasteiger partial charge in [-0.3, -0.25) is 4.79 Å². The minimum absolute atomic E-state index is 0.0289. The molecule has 1 amide bonds. The van der Waals surface area contributed by atoms with Gasteiger partial charge >= 0.3 is 0 Å². The molecule has 1 N–H and O–H groups in total. The first-order chi connectivity index (χ1) is 12.1. The maximum Gasteiger partial charge on any atom is 0.227 e. The Balaban J connectivity index is 1.77. The van der Waals surface area contributed by atoms with E-state index in [4.69, 9.17) is 16.1 Å². The lowest BCUT2D eigenvalue weighted by atomic mass is 9.99. The molecule has 0 fully saturated rings. The molecular weight excluding hydrogens is 338 g/mol. The zero-order valence-corrected chi connectivity index (χ0v) is 15.7. The summed E-state index contributed by atoms with van der Waals surface area (Å²) in [4.78, 5) is 16.3. The number of nitrogens with one attached hydrogen (secondary N) is 1. The van der Waals surface area contributed by atoms with Crippen molar-refractivity contribution in [1.29, 1.82) is 0 Å². The summed E-state index contributed by atoms with van der Waals surface area (Å²) in [7, 11) is 0. The first-order valence-electron chi connectivity index (χ1n) is 8.97. The van der Waals surface area contributed by atoms with Crippen LogP contribution in [0.2, 0.25) is 5.02 Å². The molecule has 25 heavy (non-hydrogen) atoms. The third kappa shape index (κ3) is 6.50. The molecule has 136 valence electrons. The number of rotatable bonds is 10. The van der Waals surface area contributed by atoms with Crippen molar-refractivity contribution >= 4 is 17.5 Å². The first-order valence-corrected chi connectivity index (χ1v) is 9.35. The van der Waals surface area contributed by atoms with Crippen LogP contribution in [0.25, 0.3) is 11.4 Å². The van der Waals surface area contributed by atoms with Crippen molar-refractivity contribution in [3.63, 3.8) is 0 Å². The number of nitrogens with zero attached hydrogens (tertiary/aromatic N) is 2. The van der Waals surface area contributed by atoms with E-state index < -0.39 is 0 Å². The van der Waals surface area contributed by atoms with Crippen molar-refractivity contribution in [1.82, 2.24) is 15.5 Å². The molecule has 5 nitrogen and oxygen atoms in total. The predicted octanol–water partition coefficient (Wildman–Crippen LogP) is 4.66.